The number of nitrogens with zero attached hydrogens (tertiary/aromatic N) is 1. The lowest BCUT2D eigenvalue weighted by Gasteiger charge is -2.26. The number of benzene rings is 1. The molecule has 0 aromatic heterocycles. The SMILES string of the molecule is C=CC[C@H](CC(=O)N1CCC[C@H]1CO)C(=O)N[C@H](CO)Cc1ccccc1. The summed E-state index contributed by atoms with van der Waals surface area (Å²) in [5.74, 6) is -0.894. The number of hydrogen-bond donors (Lipinski definition) is 3. The fraction of sp³-hybridized carbons (Fsp3) is 0.524. The van der Waals surface area contributed by atoms with E-state index in [1.54, 1.807) is 11.0 Å². The van der Waals surface area contributed by atoms with Crippen LogP contribution in [-0.4, -0.2) is 58.8 Å². The Bertz CT molecular complexity index is 620. The number of nitrogens with one attached hydrogen (secondary N) is 1. The number of aliphatic hydroxyl groups is 2. The van der Waals surface area contributed by atoms with E-state index in [0.29, 0.717) is 19.4 Å². The second-order valence-electron chi connectivity index (χ2n) is 7.07. The van der Waals surface area contributed by atoms with Gasteiger partial charge in [0.15, 0.2) is 0 Å². The van der Waals surface area contributed by atoms with Crippen LogP contribution in [0.5, 0.6) is 0 Å². The van der Waals surface area contributed by atoms with Crippen LogP contribution in [0.15, 0.2) is 43.0 Å². The summed E-state index contributed by atoms with van der Waals surface area (Å²) in [5, 5.41) is 21.9. The highest BCUT2D eigenvalue weighted by Gasteiger charge is 2.31. The third kappa shape index (κ3) is 6.19. The maximum absolute atomic E-state index is 12.7. The van der Waals surface area contributed by atoms with Crippen molar-refractivity contribution in [3.63, 3.8) is 0 Å². The molecule has 0 saturated carbocycles. The van der Waals surface area contributed by atoms with Crippen molar-refractivity contribution in [1.82, 2.24) is 10.2 Å². The molecule has 1 heterocycles. The van der Waals surface area contributed by atoms with Crippen LogP contribution in [0.1, 0.15) is 31.2 Å². The van der Waals surface area contributed by atoms with Crippen molar-refractivity contribution in [3.8, 4) is 0 Å². The zero-order valence-electron chi connectivity index (χ0n) is 15.7. The maximum Gasteiger partial charge on any atom is 0.224 e. The Labute approximate surface area is 160 Å². The summed E-state index contributed by atoms with van der Waals surface area (Å²) in [4.78, 5) is 27.0. The summed E-state index contributed by atoms with van der Waals surface area (Å²) in [5.41, 5.74) is 1.02. The average Bonchev–Trinajstić information content (AvgIpc) is 3.16. The van der Waals surface area contributed by atoms with Crippen molar-refractivity contribution in [2.75, 3.05) is 19.8 Å². The number of aliphatic hydroxyl groups excluding tert-OH is 2. The van der Waals surface area contributed by atoms with Crippen LogP contribution in [0.3, 0.4) is 0 Å². The van der Waals surface area contributed by atoms with Crippen molar-refractivity contribution in [3.05, 3.63) is 48.6 Å². The van der Waals surface area contributed by atoms with E-state index in [1.807, 2.05) is 30.3 Å². The molecule has 2 rings (SSSR count). The molecular formula is C21H30N2O4. The molecule has 0 unspecified atom stereocenters. The zero-order valence-corrected chi connectivity index (χ0v) is 15.7. The standard InChI is InChI=1S/C21H30N2O4/c1-2-7-17(13-20(26)23-11-6-10-19(23)15-25)21(27)22-18(14-24)12-16-8-4-3-5-9-16/h2-5,8-9,17-19,24-25H,1,6-7,10-15H2,(H,22,27)/t17-,18+,19+/m1/s1. The van der Waals surface area contributed by atoms with Gasteiger partial charge in [0.1, 0.15) is 0 Å². The van der Waals surface area contributed by atoms with Crippen LogP contribution in [0.25, 0.3) is 0 Å². The summed E-state index contributed by atoms with van der Waals surface area (Å²) in [7, 11) is 0. The van der Waals surface area contributed by atoms with Crippen molar-refractivity contribution < 1.29 is 19.8 Å². The minimum absolute atomic E-state index is 0.0479. The molecule has 1 aliphatic heterocycles. The summed E-state index contributed by atoms with van der Waals surface area (Å²) < 4.78 is 0. The summed E-state index contributed by atoms with van der Waals surface area (Å²) >= 11 is 0. The molecule has 1 aromatic carbocycles. The van der Waals surface area contributed by atoms with Gasteiger partial charge in [-0.3, -0.25) is 9.59 Å². The van der Waals surface area contributed by atoms with E-state index in [1.165, 1.54) is 0 Å². The van der Waals surface area contributed by atoms with Crippen LogP contribution < -0.4 is 5.32 Å². The van der Waals surface area contributed by atoms with Crippen molar-refractivity contribution in [1.29, 1.82) is 0 Å². The van der Waals surface area contributed by atoms with Crippen LogP contribution in [0, 0.1) is 5.92 Å². The molecule has 27 heavy (non-hydrogen) atoms. The van der Waals surface area contributed by atoms with Crippen LogP contribution in [0.2, 0.25) is 0 Å². The van der Waals surface area contributed by atoms with Gasteiger partial charge < -0.3 is 20.4 Å². The Hall–Kier alpha value is -2.18. The fourth-order valence-corrected chi connectivity index (χ4v) is 3.55. The first-order valence-electron chi connectivity index (χ1n) is 9.55. The number of carbonyl (C=O) groups is 2. The van der Waals surface area contributed by atoms with Crippen LogP contribution in [-0.2, 0) is 16.0 Å². The third-order valence-electron chi connectivity index (χ3n) is 5.04. The molecule has 148 valence electrons. The van der Waals surface area contributed by atoms with Gasteiger partial charge in [0.05, 0.1) is 31.2 Å². The number of hydrogen-bond acceptors (Lipinski definition) is 4. The first-order chi connectivity index (χ1) is 13.1. The Morgan fingerprint density at radius 3 is 2.67 bits per heavy atom. The Balaban J connectivity index is 1.96. The third-order valence-corrected chi connectivity index (χ3v) is 5.04. The summed E-state index contributed by atoms with van der Waals surface area (Å²) in [6.07, 6.45) is 4.30. The molecule has 1 aromatic rings. The van der Waals surface area contributed by atoms with Crippen molar-refractivity contribution >= 4 is 11.8 Å². The van der Waals surface area contributed by atoms with Gasteiger partial charge in [0.2, 0.25) is 11.8 Å². The molecule has 0 radical (unpaired) electrons. The molecule has 0 bridgehead atoms. The predicted octanol–water partition coefficient (Wildman–Crippen LogP) is 1.27. The monoisotopic (exact) mass is 374 g/mol. The first-order valence-corrected chi connectivity index (χ1v) is 9.55. The molecule has 1 aliphatic rings. The molecule has 3 N–H and O–H groups in total. The lowest BCUT2D eigenvalue weighted by atomic mass is 9.98. The highest BCUT2D eigenvalue weighted by atomic mass is 16.3. The largest absolute Gasteiger partial charge is 0.394 e. The van der Waals surface area contributed by atoms with Gasteiger partial charge >= 0.3 is 0 Å². The molecule has 0 spiro atoms. The van der Waals surface area contributed by atoms with E-state index in [9.17, 15) is 19.8 Å². The second kappa shape index (κ2) is 10.8. The molecule has 1 fully saturated rings. The summed E-state index contributed by atoms with van der Waals surface area (Å²) in [6.45, 7) is 4.10. The molecule has 1 saturated heterocycles. The molecule has 0 aliphatic carbocycles. The zero-order chi connectivity index (χ0) is 19.6. The minimum Gasteiger partial charge on any atom is -0.394 e. The highest BCUT2D eigenvalue weighted by molar-refractivity contribution is 5.86. The van der Waals surface area contributed by atoms with E-state index in [-0.39, 0.29) is 37.5 Å². The fourth-order valence-electron chi connectivity index (χ4n) is 3.55. The number of likely N-dealkylation sites (tertiary alicyclic amines) is 1. The van der Waals surface area contributed by atoms with Gasteiger partial charge in [-0.1, -0.05) is 36.4 Å². The smallest absolute Gasteiger partial charge is 0.224 e. The van der Waals surface area contributed by atoms with E-state index >= 15 is 0 Å². The Morgan fingerprint density at radius 2 is 2.04 bits per heavy atom. The number of carbonyl (C=O) groups excluding carboxylic acids is 2. The first kappa shape index (κ1) is 21.1. The van der Waals surface area contributed by atoms with Crippen molar-refractivity contribution in [2.24, 2.45) is 5.92 Å². The van der Waals surface area contributed by atoms with Gasteiger partial charge in [-0.05, 0) is 31.2 Å². The predicted molar refractivity (Wildman–Crippen MR) is 104 cm³/mol. The normalized spacial score (nSPS) is 18.7. The van der Waals surface area contributed by atoms with E-state index in [4.69, 9.17) is 0 Å². The Kier molecular flexibility index (Phi) is 8.48. The quantitative estimate of drug-likeness (QED) is 0.538. The van der Waals surface area contributed by atoms with Gasteiger partial charge in [-0.15, -0.1) is 6.58 Å². The average molecular weight is 374 g/mol. The molecule has 6 nitrogen and oxygen atoms in total. The molecule has 3 atom stereocenters. The maximum atomic E-state index is 12.7. The van der Waals surface area contributed by atoms with Gasteiger partial charge in [0.25, 0.3) is 0 Å². The van der Waals surface area contributed by atoms with Crippen molar-refractivity contribution in [2.45, 2.75) is 44.2 Å². The molecular weight excluding hydrogens is 344 g/mol. The van der Waals surface area contributed by atoms with Crippen LogP contribution in [0.4, 0.5) is 0 Å². The number of allylic oxidation sites excluding steroid dienone is 1. The lowest BCUT2D eigenvalue weighted by Crippen LogP contribution is -2.44. The van der Waals surface area contributed by atoms with E-state index in [0.717, 1.165) is 18.4 Å². The van der Waals surface area contributed by atoms with E-state index < -0.39 is 12.0 Å². The molecule has 6 heteroatoms. The van der Waals surface area contributed by atoms with Gasteiger partial charge in [-0.2, -0.15) is 0 Å². The topological polar surface area (TPSA) is 89.9 Å². The lowest BCUT2D eigenvalue weighted by molar-refractivity contribution is -0.137. The number of amides is 2. The highest BCUT2D eigenvalue weighted by Crippen LogP contribution is 2.21. The van der Waals surface area contributed by atoms with Crippen LogP contribution >= 0.6 is 0 Å². The molecule has 2 amide bonds. The summed E-state index contributed by atoms with van der Waals surface area (Å²) in [6, 6.07) is 9.09. The Morgan fingerprint density at radius 1 is 1.30 bits per heavy atom. The minimum atomic E-state index is -0.528. The van der Waals surface area contributed by atoms with E-state index in [2.05, 4.69) is 11.9 Å². The van der Waals surface area contributed by atoms with Gasteiger partial charge in [-0.25, -0.2) is 0 Å². The second-order valence-corrected chi connectivity index (χ2v) is 7.07. The number of rotatable bonds is 10. The van der Waals surface area contributed by atoms with Gasteiger partial charge in [0, 0.05) is 13.0 Å².